The molecule has 16 heavy (non-hydrogen) atoms. The van der Waals surface area contributed by atoms with E-state index < -0.39 is 0 Å². The number of rotatable bonds is 1. The van der Waals surface area contributed by atoms with Gasteiger partial charge < -0.3 is 0 Å². The summed E-state index contributed by atoms with van der Waals surface area (Å²) >= 11 is 1.45. The van der Waals surface area contributed by atoms with Crippen LogP contribution in [0.25, 0.3) is 21.6 Å². The molecule has 0 amide bonds. The molecular weight excluding hydrogens is 220 g/mol. The Bertz CT molecular complexity index is 644. The average Bonchev–Trinajstić information content (AvgIpc) is 2.67. The lowest BCUT2D eigenvalue weighted by molar-refractivity contribution is 1.06. The van der Waals surface area contributed by atoms with Crippen molar-refractivity contribution in [1.29, 1.82) is 0 Å². The molecular formula is C11H8N4S. The van der Waals surface area contributed by atoms with Crippen LogP contribution >= 0.6 is 11.3 Å². The van der Waals surface area contributed by atoms with Gasteiger partial charge in [-0.15, -0.1) is 10.2 Å². The average molecular weight is 228 g/mol. The summed E-state index contributed by atoms with van der Waals surface area (Å²) in [6, 6.07) is 7.94. The molecule has 0 N–H and O–H groups in total. The van der Waals surface area contributed by atoms with Gasteiger partial charge in [-0.05, 0) is 13.0 Å². The first-order valence-electron chi connectivity index (χ1n) is 4.89. The highest BCUT2D eigenvalue weighted by atomic mass is 32.1. The number of benzene rings is 1. The van der Waals surface area contributed by atoms with Crippen molar-refractivity contribution in [3.05, 3.63) is 24.3 Å². The van der Waals surface area contributed by atoms with Crippen LogP contribution in [-0.2, 0) is 0 Å². The minimum atomic E-state index is 0.637. The zero-order valence-corrected chi connectivity index (χ0v) is 9.40. The molecule has 0 saturated carbocycles. The molecule has 0 spiro atoms. The van der Waals surface area contributed by atoms with Gasteiger partial charge in [0.15, 0.2) is 0 Å². The predicted octanol–water partition coefficient (Wildman–Crippen LogP) is 2.91. The smallest absolute Gasteiger partial charge is 0.231 e. The second-order valence-corrected chi connectivity index (χ2v) is 4.21. The zero-order chi connectivity index (χ0) is 11.0. The topological polar surface area (TPSA) is 51.0 Å². The normalized spacial score (nSPS) is 11.8. The van der Waals surface area contributed by atoms with Crippen LogP contribution in [-0.4, -0.2) is 21.4 Å². The Morgan fingerprint density at radius 3 is 3.00 bits per heavy atom. The van der Waals surface area contributed by atoms with Crippen molar-refractivity contribution in [1.82, 2.24) is 15.2 Å². The second kappa shape index (κ2) is 3.61. The molecule has 0 bridgehead atoms. The van der Waals surface area contributed by atoms with Crippen molar-refractivity contribution in [3.8, 4) is 10.7 Å². The molecule has 0 radical (unpaired) electrons. The molecule has 2 heterocycles. The first kappa shape index (κ1) is 9.35. The molecule has 0 aliphatic carbocycles. The first-order valence-corrected chi connectivity index (χ1v) is 5.71. The Hall–Kier alpha value is -1.88. The maximum atomic E-state index is 4.50. The van der Waals surface area contributed by atoms with Crippen molar-refractivity contribution in [2.45, 2.75) is 6.92 Å². The van der Waals surface area contributed by atoms with Crippen molar-refractivity contribution in [2.75, 3.05) is 0 Å². The van der Waals surface area contributed by atoms with Crippen molar-refractivity contribution >= 4 is 33.6 Å². The third-order valence-corrected chi connectivity index (χ3v) is 3.09. The van der Waals surface area contributed by atoms with Gasteiger partial charge in [-0.25, -0.2) is 9.98 Å². The number of fused-ring (bicyclic) bond motifs is 3. The number of hydrogen-bond acceptors (Lipinski definition) is 5. The fourth-order valence-corrected chi connectivity index (χ4v) is 2.38. The number of para-hydroxylation sites is 1. The number of nitrogens with zero attached hydrogens (tertiary/aromatic N) is 4. The third-order valence-electron chi connectivity index (χ3n) is 2.25. The maximum Gasteiger partial charge on any atom is 0.231 e. The van der Waals surface area contributed by atoms with Crippen LogP contribution in [0.5, 0.6) is 0 Å². The number of aromatic nitrogens is 3. The monoisotopic (exact) mass is 228 g/mol. The van der Waals surface area contributed by atoms with Crippen LogP contribution in [0.3, 0.4) is 0 Å². The Labute approximate surface area is 96.0 Å². The van der Waals surface area contributed by atoms with E-state index >= 15 is 0 Å². The van der Waals surface area contributed by atoms with E-state index in [0.717, 1.165) is 21.6 Å². The third kappa shape index (κ3) is 1.37. The molecule has 2 aliphatic rings. The quantitative estimate of drug-likeness (QED) is 0.602. The highest BCUT2D eigenvalue weighted by Gasteiger charge is 2.14. The fraction of sp³-hybridized carbons (Fsp3) is 0.0909. The second-order valence-electron chi connectivity index (χ2n) is 3.25. The predicted molar refractivity (Wildman–Crippen MR) is 65.7 cm³/mol. The molecule has 1 aromatic carbocycles. The largest absolute Gasteiger partial charge is 0.235 e. The SMILES string of the molecule is CC=Nc1nnc2c3ccccc3nc-2s1. The molecule has 1 aromatic rings. The van der Waals surface area contributed by atoms with Gasteiger partial charge in [0, 0.05) is 11.6 Å². The first-order chi connectivity index (χ1) is 7.88. The molecule has 4 nitrogen and oxygen atoms in total. The van der Waals surface area contributed by atoms with Gasteiger partial charge in [0.05, 0.1) is 5.52 Å². The van der Waals surface area contributed by atoms with E-state index in [1.165, 1.54) is 11.3 Å². The van der Waals surface area contributed by atoms with E-state index in [1.54, 1.807) is 6.21 Å². The lowest BCUT2D eigenvalue weighted by atomic mass is 10.2. The van der Waals surface area contributed by atoms with Crippen molar-refractivity contribution < 1.29 is 0 Å². The van der Waals surface area contributed by atoms with Gasteiger partial charge in [0.1, 0.15) is 10.7 Å². The van der Waals surface area contributed by atoms with Crippen LogP contribution in [0, 0.1) is 0 Å². The number of hydrogen-bond donors (Lipinski definition) is 0. The highest BCUT2D eigenvalue weighted by molar-refractivity contribution is 7.18. The summed E-state index contributed by atoms with van der Waals surface area (Å²) in [4.78, 5) is 8.61. The maximum absolute atomic E-state index is 4.50. The molecule has 78 valence electrons. The summed E-state index contributed by atoms with van der Waals surface area (Å²) in [6.45, 7) is 1.85. The molecule has 3 rings (SSSR count). The summed E-state index contributed by atoms with van der Waals surface area (Å²) in [5.74, 6) is 0. The minimum absolute atomic E-state index is 0.637. The van der Waals surface area contributed by atoms with E-state index in [9.17, 15) is 0 Å². The Kier molecular flexibility index (Phi) is 2.11. The van der Waals surface area contributed by atoms with Crippen LogP contribution in [0.15, 0.2) is 29.3 Å². The van der Waals surface area contributed by atoms with E-state index in [2.05, 4.69) is 20.2 Å². The van der Waals surface area contributed by atoms with Crippen LogP contribution in [0.2, 0.25) is 0 Å². The Balaban J connectivity index is 2.32. The molecule has 2 aliphatic heterocycles. The molecule has 0 saturated heterocycles. The van der Waals surface area contributed by atoms with Crippen LogP contribution < -0.4 is 0 Å². The summed E-state index contributed by atoms with van der Waals surface area (Å²) in [5, 5.41) is 10.8. The van der Waals surface area contributed by atoms with Gasteiger partial charge in [0.2, 0.25) is 5.13 Å². The fourth-order valence-electron chi connectivity index (χ4n) is 1.58. The lowest BCUT2D eigenvalue weighted by Crippen LogP contribution is -1.84. The van der Waals surface area contributed by atoms with E-state index in [4.69, 9.17) is 0 Å². The van der Waals surface area contributed by atoms with Gasteiger partial charge >= 0.3 is 0 Å². The summed E-state index contributed by atoms with van der Waals surface area (Å²) in [7, 11) is 0. The lowest BCUT2D eigenvalue weighted by Gasteiger charge is -1.94. The Morgan fingerprint density at radius 1 is 1.25 bits per heavy atom. The highest BCUT2D eigenvalue weighted by Crippen LogP contribution is 2.34. The summed E-state index contributed by atoms with van der Waals surface area (Å²) in [5.41, 5.74) is 1.82. The molecule has 0 atom stereocenters. The van der Waals surface area contributed by atoms with Crippen molar-refractivity contribution in [3.63, 3.8) is 0 Å². The van der Waals surface area contributed by atoms with E-state index in [0.29, 0.717) is 5.13 Å². The van der Waals surface area contributed by atoms with Gasteiger partial charge in [0.25, 0.3) is 0 Å². The van der Waals surface area contributed by atoms with Gasteiger partial charge in [-0.3, -0.25) is 0 Å². The molecule has 5 heteroatoms. The van der Waals surface area contributed by atoms with Crippen LogP contribution in [0.1, 0.15) is 6.92 Å². The molecule has 0 fully saturated rings. The summed E-state index contributed by atoms with van der Waals surface area (Å²) in [6.07, 6.45) is 1.70. The van der Waals surface area contributed by atoms with E-state index in [-0.39, 0.29) is 0 Å². The standard InChI is InChI=1S/C11H8N4S/c1-2-12-11-15-14-9-7-5-3-4-6-8(7)13-10(9)16-11/h2-6H,1H3. The summed E-state index contributed by atoms with van der Waals surface area (Å²) < 4.78 is 0. The molecule has 0 aromatic heterocycles. The zero-order valence-electron chi connectivity index (χ0n) is 8.58. The van der Waals surface area contributed by atoms with Gasteiger partial charge in [-0.1, -0.05) is 29.5 Å². The van der Waals surface area contributed by atoms with Crippen molar-refractivity contribution in [2.24, 2.45) is 4.99 Å². The van der Waals surface area contributed by atoms with Crippen LogP contribution in [0.4, 0.5) is 5.13 Å². The van der Waals surface area contributed by atoms with Gasteiger partial charge in [-0.2, -0.15) is 0 Å². The Morgan fingerprint density at radius 2 is 2.12 bits per heavy atom. The van der Waals surface area contributed by atoms with E-state index in [1.807, 2.05) is 31.2 Å². The number of aliphatic imine (C=N–C) groups is 1. The minimum Gasteiger partial charge on any atom is -0.235 e. The molecule has 0 unspecified atom stereocenters.